The van der Waals surface area contributed by atoms with Gasteiger partial charge in [0.2, 0.25) is 0 Å². The molecular weight excluding hydrogens is 162 g/mol. The fourth-order valence-electron chi connectivity index (χ4n) is 1.85. The number of aryl methyl sites for hydroxylation is 1. The van der Waals surface area contributed by atoms with Crippen LogP contribution in [-0.4, -0.2) is 9.78 Å². The van der Waals surface area contributed by atoms with Gasteiger partial charge in [0.1, 0.15) is 5.82 Å². The summed E-state index contributed by atoms with van der Waals surface area (Å²) in [6.07, 6.45) is 0. The molecule has 2 N–H and O–H groups in total. The van der Waals surface area contributed by atoms with Crippen LogP contribution in [-0.2, 0) is 7.05 Å². The van der Waals surface area contributed by atoms with Crippen LogP contribution in [0.2, 0.25) is 0 Å². The Morgan fingerprint density at radius 2 is 1.69 bits per heavy atom. The van der Waals surface area contributed by atoms with Gasteiger partial charge in [0.25, 0.3) is 0 Å². The van der Waals surface area contributed by atoms with Crippen molar-refractivity contribution in [2.75, 3.05) is 5.73 Å². The van der Waals surface area contributed by atoms with Gasteiger partial charge in [-0.1, -0.05) is 27.7 Å². The monoisotopic (exact) mass is 181 g/mol. The molecule has 0 aliphatic carbocycles. The van der Waals surface area contributed by atoms with Crippen molar-refractivity contribution in [3.05, 3.63) is 11.3 Å². The third-order valence-electron chi connectivity index (χ3n) is 2.28. The largest absolute Gasteiger partial charge is 0.382 e. The van der Waals surface area contributed by atoms with Crippen LogP contribution in [0, 0.1) is 0 Å². The molecular formula is C10H19N3. The Morgan fingerprint density at radius 1 is 1.15 bits per heavy atom. The molecule has 0 aliphatic heterocycles. The molecule has 1 aromatic rings. The molecule has 0 radical (unpaired) electrons. The number of anilines is 1. The lowest BCUT2D eigenvalue weighted by Gasteiger charge is -2.11. The average Bonchev–Trinajstić information content (AvgIpc) is 2.24. The molecule has 1 heterocycles. The minimum Gasteiger partial charge on any atom is -0.382 e. The van der Waals surface area contributed by atoms with Crippen LogP contribution < -0.4 is 5.73 Å². The van der Waals surface area contributed by atoms with Gasteiger partial charge in [0, 0.05) is 18.3 Å². The van der Waals surface area contributed by atoms with E-state index in [9.17, 15) is 0 Å². The molecule has 0 bridgehead atoms. The summed E-state index contributed by atoms with van der Waals surface area (Å²) in [5.74, 6) is 1.61. The maximum atomic E-state index is 5.85. The van der Waals surface area contributed by atoms with Crippen LogP contribution in [0.1, 0.15) is 50.8 Å². The third-order valence-corrected chi connectivity index (χ3v) is 2.28. The Hall–Kier alpha value is -0.990. The molecule has 74 valence electrons. The van der Waals surface area contributed by atoms with Gasteiger partial charge in [-0.25, -0.2) is 0 Å². The number of nitrogen functional groups attached to an aromatic ring is 1. The van der Waals surface area contributed by atoms with Crippen molar-refractivity contribution in [1.29, 1.82) is 0 Å². The predicted octanol–water partition coefficient (Wildman–Crippen LogP) is 2.25. The van der Waals surface area contributed by atoms with Gasteiger partial charge in [-0.3, -0.25) is 4.68 Å². The Bertz CT molecular complexity index is 269. The van der Waals surface area contributed by atoms with Gasteiger partial charge in [-0.05, 0) is 11.8 Å². The minimum atomic E-state index is 0.450. The van der Waals surface area contributed by atoms with E-state index in [1.807, 2.05) is 11.7 Å². The van der Waals surface area contributed by atoms with E-state index >= 15 is 0 Å². The molecule has 0 unspecified atom stereocenters. The van der Waals surface area contributed by atoms with Gasteiger partial charge < -0.3 is 5.73 Å². The molecule has 1 aromatic heterocycles. The van der Waals surface area contributed by atoms with Crippen molar-refractivity contribution in [2.24, 2.45) is 7.05 Å². The van der Waals surface area contributed by atoms with Gasteiger partial charge in [-0.2, -0.15) is 5.10 Å². The maximum Gasteiger partial charge on any atom is 0.149 e. The molecule has 0 aliphatic rings. The number of rotatable bonds is 2. The molecule has 0 aromatic carbocycles. The highest BCUT2D eigenvalue weighted by molar-refractivity contribution is 5.45. The smallest absolute Gasteiger partial charge is 0.149 e. The van der Waals surface area contributed by atoms with Gasteiger partial charge >= 0.3 is 0 Å². The first-order chi connectivity index (χ1) is 5.95. The first-order valence-electron chi connectivity index (χ1n) is 4.77. The average molecular weight is 181 g/mol. The Labute approximate surface area is 79.9 Å². The summed E-state index contributed by atoms with van der Waals surface area (Å²) in [6, 6.07) is 0. The highest BCUT2D eigenvalue weighted by Gasteiger charge is 2.18. The summed E-state index contributed by atoms with van der Waals surface area (Å²) in [6.45, 7) is 8.64. The van der Waals surface area contributed by atoms with E-state index in [0.717, 1.165) is 0 Å². The molecule has 0 amide bonds. The number of hydrogen-bond donors (Lipinski definition) is 1. The lowest BCUT2D eigenvalue weighted by molar-refractivity contribution is 0.658. The Kier molecular flexibility index (Phi) is 2.64. The first-order valence-corrected chi connectivity index (χ1v) is 4.77. The second-order valence-corrected chi connectivity index (χ2v) is 4.12. The van der Waals surface area contributed by atoms with Crippen LogP contribution in [0.4, 0.5) is 5.82 Å². The van der Waals surface area contributed by atoms with E-state index in [0.29, 0.717) is 17.7 Å². The van der Waals surface area contributed by atoms with E-state index < -0.39 is 0 Å². The number of aromatic nitrogens is 2. The molecule has 0 saturated carbocycles. The number of nitrogens with two attached hydrogens (primary N) is 1. The van der Waals surface area contributed by atoms with E-state index in [-0.39, 0.29) is 0 Å². The van der Waals surface area contributed by atoms with Gasteiger partial charge in [-0.15, -0.1) is 0 Å². The number of nitrogens with zero attached hydrogens (tertiary/aromatic N) is 2. The SMILES string of the molecule is CC(C)c1c(N)nn(C)c1C(C)C. The molecule has 3 nitrogen and oxygen atoms in total. The molecule has 3 heteroatoms. The van der Waals surface area contributed by atoms with E-state index in [4.69, 9.17) is 5.73 Å². The Balaban J connectivity index is 3.29. The molecule has 13 heavy (non-hydrogen) atoms. The summed E-state index contributed by atoms with van der Waals surface area (Å²) in [5, 5.41) is 4.25. The standard InChI is InChI=1S/C10H19N3/c1-6(2)8-9(7(3)4)13(5)12-10(8)11/h6-7H,1-5H3,(H2,11,12). The topological polar surface area (TPSA) is 43.8 Å². The zero-order valence-electron chi connectivity index (χ0n) is 9.13. The normalized spacial score (nSPS) is 11.6. The lowest BCUT2D eigenvalue weighted by atomic mass is 9.97. The predicted molar refractivity (Wildman–Crippen MR) is 55.8 cm³/mol. The third kappa shape index (κ3) is 1.69. The van der Waals surface area contributed by atoms with Crippen LogP contribution in [0.15, 0.2) is 0 Å². The summed E-state index contributed by atoms with van der Waals surface area (Å²) in [5.41, 5.74) is 8.31. The molecule has 0 atom stereocenters. The van der Waals surface area contributed by atoms with E-state index in [1.54, 1.807) is 0 Å². The van der Waals surface area contributed by atoms with E-state index in [2.05, 4.69) is 32.8 Å². The lowest BCUT2D eigenvalue weighted by Crippen LogP contribution is -2.03. The molecule has 0 spiro atoms. The highest BCUT2D eigenvalue weighted by Crippen LogP contribution is 2.29. The highest BCUT2D eigenvalue weighted by atomic mass is 15.3. The van der Waals surface area contributed by atoms with E-state index in [1.165, 1.54) is 11.3 Å². The van der Waals surface area contributed by atoms with Crippen molar-refractivity contribution in [1.82, 2.24) is 9.78 Å². The summed E-state index contributed by atoms with van der Waals surface area (Å²) in [4.78, 5) is 0. The van der Waals surface area contributed by atoms with Crippen molar-refractivity contribution in [2.45, 2.75) is 39.5 Å². The van der Waals surface area contributed by atoms with Crippen LogP contribution in [0.5, 0.6) is 0 Å². The second kappa shape index (κ2) is 3.40. The zero-order valence-corrected chi connectivity index (χ0v) is 9.13. The van der Waals surface area contributed by atoms with Gasteiger partial charge in [0.05, 0.1) is 0 Å². The number of hydrogen-bond acceptors (Lipinski definition) is 2. The molecule has 0 fully saturated rings. The summed E-state index contributed by atoms with van der Waals surface area (Å²) >= 11 is 0. The Morgan fingerprint density at radius 3 is 2.00 bits per heavy atom. The molecule has 0 saturated heterocycles. The van der Waals surface area contributed by atoms with Crippen molar-refractivity contribution in [3.8, 4) is 0 Å². The fourth-order valence-corrected chi connectivity index (χ4v) is 1.85. The van der Waals surface area contributed by atoms with Crippen molar-refractivity contribution >= 4 is 5.82 Å². The van der Waals surface area contributed by atoms with Gasteiger partial charge in [0.15, 0.2) is 0 Å². The second-order valence-electron chi connectivity index (χ2n) is 4.12. The van der Waals surface area contributed by atoms with Crippen LogP contribution >= 0.6 is 0 Å². The van der Waals surface area contributed by atoms with Crippen LogP contribution in [0.3, 0.4) is 0 Å². The first kappa shape index (κ1) is 10.1. The zero-order chi connectivity index (χ0) is 10.2. The summed E-state index contributed by atoms with van der Waals surface area (Å²) < 4.78 is 1.90. The summed E-state index contributed by atoms with van der Waals surface area (Å²) in [7, 11) is 1.96. The van der Waals surface area contributed by atoms with Crippen LogP contribution in [0.25, 0.3) is 0 Å². The fraction of sp³-hybridized carbons (Fsp3) is 0.700. The molecule has 1 rings (SSSR count). The minimum absolute atomic E-state index is 0.450. The van der Waals surface area contributed by atoms with Crippen molar-refractivity contribution in [3.63, 3.8) is 0 Å². The van der Waals surface area contributed by atoms with Crippen molar-refractivity contribution < 1.29 is 0 Å². The maximum absolute atomic E-state index is 5.85. The quantitative estimate of drug-likeness (QED) is 0.760.